The first-order chi connectivity index (χ1) is 10.9. The fourth-order valence-electron chi connectivity index (χ4n) is 3.50. The summed E-state index contributed by atoms with van der Waals surface area (Å²) in [4.78, 5) is 25.8. The van der Waals surface area contributed by atoms with E-state index in [0.29, 0.717) is 18.8 Å². The smallest absolute Gasteiger partial charge is 0.328 e. The minimum absolute atomic E-state index is 0.00332. The van der Waals surface area contributed by atoms with Crippen LogP contribution >= 0.6 is 0 Å². The Kier molecular flexibility index (Phi) is 4.10. The normalized spacial score (nSPS) is 30.6. The van der Waals surface area contributed by atoms with E-state index in [0.717, 1.165) is 12.8 Å². The molecule has 0 bridgehead atoms. The number of amides is 1. The Bertz CT molecular complexity index is 608. The van der Waals surface area contributed by atoms with Gasteiger partial charge in [-0.1, -0.05) is 6.92 Å². The van der Waals surface area contributed by atoms with Crippen LogP contribution in [0.4, 0.5) is 4.39 Å². The second kappa shape index (κ2) is 5.92. The summed E-state index contributed by atoms with van der Waals surface area (Å²) in [6, 6.07) is 4.17. The number of benzene rings is 1. The van der Waals surface area contributed by atoms with Gasteiger partial charge in [-0.15, -0.1) is 0 Å². The van der Waals surface area contributed by atoms with E-state index in [1.165, 1.54) is 29.2 Å². The van der Waals surface area contributed by atoms with Crippen molar-refractivity contribution in [3.63, 3.8) is 0 Å². The van der Waals surface area contributed by atoms with E-state index >= 15 is 0 Å². The van der Waals surface area contributed by atoms with Gasteiger partial charge in [0.15, 0.2) is 6.04 Å². The summed E-state index contributed by atoms with van der Waals surface area (Å²) in [5.74, 6) is -1.38. The van der Waals surface area contributed by atoms with E-state index in [1.807, 2.05) is 0 Å². The van der Waals surface area contributed by atoms with Gasteiger partial charge in [0.1, 0.15) is 11.5 Å². The minimum Gasteiger partial charge on any atom is -0.480 e. The monoisotopic (exact) mass is 321 g/mol. The maximum absolute atomic E-state index is 13.1. The molecule has 1 spiro atoms. The molecule has 1 aliphatic carbocycles. The molecule has 2 aliphatic rings. The molecule has 0 aromatic heterocycles. The van der Waals surface area contributed by atoms with Crippen LogP contribution in [-0.2, 0) is 9.53 Å². The Morgan fingerprint density at radius 1 is 1.26 bits per heavy atom. The lowest BCUT2D eigenvalue weighted by Crippen LogP contribution is -2.55. The Morgan fingerprint density at radius 2 is 1.87 bits per heavy atom. The predicted molar refractivity (Wildman–Crippen MR) is 80.3 cm³/mol. The molecule has 1 amide bonds. The first kappa shape index (κ1) is 15.9. The zero-order valence-corrected chi connectivity index (χ0v) is 13.0. The van der Waals surface area contributed by atoms with Crippen molar-refractivity contribution in [2.24, 2.45) is 5.92 Å². The Balaban J connectivity index is 1.94. The fraction of sp³-hybridized carbons (Fsp3) is 0.529. The number of hydrogen-bond acceptors (Lipinski definition) is 3. The van der Waals surface area contributed by atoms with Crippen molar-refractivity contribution in [1.29, 1.82) is 0 Å². The molecule has 1 saturated heterocycles. The van der Waals surface area contributed by atoms with E-state index in [1.54, 1.807) is 0 Å². The largest absolute Gasteiger partial charge is 0.480 e. The molecule has 5 nitrogen and oxygen atoms in total. The summed E-state index contributed by atoms with van der Waals surface area (Å²) >= 11 is 0. The third-order valence-corrected chi connectivity index (χ3v) is 4.91. The minimum atomic E-state index is -1.07. The SMILES string of the molecule is CC1CCC2(CC1)OC[C@@H](C(=O)O)N2C(=O)c1ccc(F)cc1. The van der Waals surface area contributed by atoms with Gasteiger partial charge in [-0.2, -0.15) is 0 Å². The Hall–Kier alpha value is -1.95. The maximum atomic E-state index is 13.1. The molecule has 124 valence electrons. The lowest BCUT2D eigenvalue weighted by molar-refractivity contribution is -0.143. The topological polar surface area (TPSA) is 66.8 Å². The quantitative estimate of drug-likeness (QED) is 0.909. The molecule has 23 heavy (non-hydrogen) atoms. The van der Waals surface area contributed by atoms with Crippen LogP contribution in [0.1, 0.15) is 43.0 Å². The second-order valence-corrected chi connectivity index (χ2v) is 6.48. The molecule has 6 heteroatoms. The highest BCUT2D eigenvalue weighted by Crippen LogP contribution is 2.43. The average Bonchev–Trinajstić information content (AvgIpc) is 2.90. The standard InChI is InChI=1S/C17H20FNO4/c1-11-6-8-17(9-7-11)19(14(10-23-17)16(21)22)15(20)12-2-4-13(18)5-3-12/h2-5,11,14H,6-10H2,1H3,(H,21,22)/t11?,14-,17?/m0/s1. The summed E-state index contributed by atoms with van der Waals surface area (Å²) in [7, 11) is 0. The molecule has 0 unspecified atom stereocenters. The van der Waals surface area contributed by atoms with Crippen molar-refractivity contribution in [3.05, 3.63) is 35.6 Å². The van der Waals surface area contributed by atoms with Gasteiger partial charge < -0.3 is 9.84 Å². The first-order valence-electron chi connectivity index (χ1n) is 7.89. The van der Waals surface area contributed by atoms with E-state index in [9.17, 15) is 19.1 Å². The summed E-state index contributed by atoms with van der Waals surface area (Å²) in [5.41, 5.74) is -0.567. The van der Waals surface area contributed by atoms with Crippen molar-refractivity contribution in [3.8, 4) is 0 Å². The predicted octanol–water partition coefficient (Wildman–Crippen LogP) is 2.66. The van der Waals surface area contributed by atoms with Crippen LogP contribution < -0.4 is 0 Å². The number of aliphatic carboxylic acids is 1. The van der Waals surface area contributed by atoms with Crippen molar-refractivity contribution in [2.75, 3.05) is 6.61 Å². The van der Waals surface area contributed by atoms with Gasteiger partial charge in [-0.3, -0.25) is 9.69 Å². The second-order valence-electron chi connectivity index (χ2n) is 6.48. The molecule has 0 radical (unpaired) electrons. The number of carbonyl (C=O) groups is 2. The zero-order valence-electron chi connectivity index (χ0n) is 13.0. The van der Waals surface area contributed by atoms with Crippen molar-refractivity contribution in [1.82, 2.24) is 4.90 Å². The van der Waals surface area contributed by atoms with Crippen LogP contribution in [-0.4, -0.2) is 40.3 Å². The Morgan fingerprint density at radius 3 is 2.43 bits per heavy atom. The van der Waals surface area contributed by atoms with Gasteiger partial charge in [0, 0.05) is 5.56 Å². The van der Waals surface area contributed by atoms with Crippen LogP contribution in [0.25, 0.3) is 0 Å². The van der Waals surface area contributed by atoms with Crippen LogP contribution in [0.5, 0.6) is 0 Å². The van der Waals surface area contributed by atoms with Crippen molar-refractivity contribution in [2.45, 2.75) is 44.4 Å². The molecule has 1 heterocycles. The van der Waals surface area contributed by atoms with Gasteiger partial charge >= 0.3 is 5.97 Å². The number of halogens is 1. The van der Waals surface area contributed by atoms with Gasteiger partial charge in [0.2, 0.25) is 0 Å². The number of nitrogens with zero attached hydrogens (tertiary/aromatic N) is 1. The van der Waals surface area contributed by atoms with Crippen LogP contribution in [0, 0.1) is 11.7 Å². The van der Waals surface area contributed by atoms with Gasteiger partial charge in [0.05, 0.1) is 6.61 Å². The Labute approximate surface area is 134 Å². The lowest BCUT2D eigenvalue weighted by Gasteiger charge is -2.42. The number of carboxylic acid groups (broad SMARTS) is 1. The lowest BCUT2D eigenvalue weighted by atomic mass is 9.83. The molecule has 1 aliphatic heterocycles. The summed E-state index contributed by atoms with van der Waals surface area (Å²) in [6.45, 7) is 2.14. The molecule has 1 aromatic rings. The maximum Gasteiger partial charge on any atom is 0.328 e. The molecule has 3 rings (SSSR count). The molecular weight excluding hydrogens is 301 g/mol. The van der Waals surface area contributed by atoms with Crippen LogP contribution in [0.2, 0.25) is 0 Å². The highest BCUT2D eigenvalue weighted by atomic mass is 19.1. The summed E-state index contributed by atoms with van der Waals surface area (Å²) in [6.07, 6.45) is 3.04. The number of carbonyl (C=O) groups excluding carboxylic acids is 1. The molecule has 2 fully saturated rings. The molecule has 1 aromatic carbocycles. The third kappa shape index (κ3) is 2.83. The molecule has 1 atom stereocenters. The van der Waals surface area contributed by atoms with Crippen LogP contribution in [0.3, 0.4) is 0 Å². The number of hydrogen-bond donors (Lipinski definition) is 1. The molecule has 1 N–H and O–H groups in total. The molecular formula is C17H20FNO4. The first-order valence-corrected chi connectivity index (χ1v) is 7.89. The number of carboxylic acids is 1. The van der Waals surface area contributed by atoms with Crippen molar-refractivity contribution >= 4 is 11.9 Å². The summed E-state index contributed by atoms with van der Waals surface area (Å²) in [5, 5.41) is 9.46. The fourth-order valence-corrected chi connectivity index (χ4v) is 3.50. The van der Waals surface area contributed by atoms with E-state index in [-0.39, 0.29) is 12.2 Å². The zero-order chi connectivity index (χ0) is 16.6. The third-order valence-electron chi connectivity index (χ3n) is 4.91. The number of rotatable bonds is 2. The highest BCUT2D eigenvalue weighted by molar-refractivity contribution is 5.97. The van der Waals surface area contributed by atoms with Gasteiger partial charge in [-0.05, 0) is 55.9 Å². The average molecular weight is 321 g/mol. The van der Waals surface area contributed by atoms with E-state index in [4.69, 9.17) is 4.74 Å². The van der Waals surface area contributed by atoms with E-state index < -0.39 is 29.5 Å². The van der Waals surface area contributed by atoms with Crippen molar-refractivity contribution < 1.29 is 23.8 Å². The van der Waals surface area contributed by atoms with Gasteiger partial charge in [0.25, 0.3) is 5.91 Å². The van der Waals surface area contributed by atoms with Gasteiger partial charge in [-0.25, -0.2) is 9.18 Å². The van der Waals surface area contributed by atoms with Crippen LogP contribution in [0.15, 0.2) is 24.3 Å². The number of ether oxygens (including phenoxy) is 1. The van der Waals surface area contributed by atoms with E-state index in [2.05, 4.69) is 6.92 Å². The molecule has 1 saturated carbocycles. The highest BCUT2D eigenvalue weighted by Gasteiger charge is 2.53. The summed E-state index contributed by atoms with van der Waals surface area (Å²) < 4.78 is 18.9.